The lowest BCUT2D eigenvalue weighted by Gasteiger charge is -2.12. The smallest absolute Gasteiger partial charge is 0.283 e. The van der Waals surface area contributed by atoms with Crippen molar-refractivity contribution in [1.82, 2.24) is 0 Å². The first-order chi connectivity index (χ1) is 6.82. The average Bonchev–Trinajstić information content (AvgIpc) is 2.15. The van der Waals surface area contributed by atoms with E-state index in [9.17, 15) is 13.6 Å². The third-order valence-corrected chi connectivity index (χ3v) is 2.43. The molecule has 0 spiro atoms. The Morgan fingerprint density at radius 3 is 2.20 bits per heavy atom. The Morgan fingerprint density at radius 2 is 1.87 bits per heavy atom. The van der Waals surface area contributed by atoms with Crippen molar-refractivity contribution in [3.63, 3.8) is 0 Å². The van der Waals surface area contributed by atoms with Crippen molar-refractivity contribution in [2.75, 3.05) is 0 Å². The van der Waals surface area contributed by atoms with Crippen molar-refractivity contribution < 1.29 is 13.6 Å². The number of Topliss-reactive ketones (excluding diaryl/α,β-unsaturated/α-hetero) is 1. The van der Waals surface area contributed by atoms with Gasteiger partial charge < -0.3 is 5.73 Å². The van der Waals surface area contributed by atoms with Gasteiger partial charge in [0, 0.05) is 5.56 Å². The zero-order chi connectivity index (χ0) is 11.6. The SMILES string of the molecule is CC(=O)C(N)c1ccc(C(F)(F)P)cc1. The quantitative estimate of drug-likeness (QED) is 0.810. The summed E-state index contributed by atoms with van der Waals surface area (Å²) in [6.07, 6.45) is 0. The van der Waals surface area contributed by atoms with E-state index in [0.29, 0.717) is 5.56 Å². The number of carbonyl (C=O) groups is 1. The number of benzene rings is 1. The van der Waals surface area contributed by atoms with E-state index in [2.05, 4.69) is 0 Å². The molecule has 0 saturated heterocycles. The maximum Gasteiger partial charge on any atom is 0.283 e. The second-order valence-corrected chi connectivity index (χ2v) is 4.06. The molecule has 2 unspecified atom stereocenters. The van der Waals surface area contributed by atoms with Gasteiger partial charge in [0.05, 0.1) is 6.04 Å². The van der Waals surface area contributed by atoms with Crippen molar-refractivity contribution in [3.05, 3.63) is 35.4 Å². The van der Waals surface area contributed by atoms with E-state index in [1.807, 2.05) is 0 Å². The zero-order valence-electron chi connectivity index (χ0n) is 8.21. The van der Waals surface area contributed by atoms with Crippen molar-refractivity contribution in [3.8, 4) is 0 Å². The van der Waals surface area contributed by atoms with Gasteiger partial charge in [0.1, 0.15) is 0 Å². The Hall–Kier alpha value is -0.860. The number of nitrogens with two attached hydrogens (primary N) is 1. The van der Waals surface area contributed by atoms with Crippen molar-refractivity contribution in [1.29, 1.82) is 0 Å². The van der Waals surface area contributed by atoms with Gasteiger partial charge in [-0.3, -0.25) is 4.79 Å². The number of halogens is 2. The van der Waals surface area contributed by atoms with Crippen molar-refractivity contribution in [2.24, 2.45) is 5.73 Å². The molecule has 0 fully saturated rings. The Morgan fingerprint density at radius 1 is 1.40 bits per heavy atom. The standard InChI is InChI=1S/C10H12F2NOP/c1-6(14)9(13)7-2-4-8(5-3-7)10(11,12)15/h2-5,9H,13,15H2,1H3. The topological polar surface area (TPSA) is 43.1 Å². The van der Waals surface area contributed by atoms with E-state index >= 15 is 0 Å². The maximum atomic E-state index is 12.8. The Bertz CT molecular complexity index is 359. The van der Waals surface area contributed by atoms with Gasteiger partial charge in [-0.05, 0) is 12.5 Å². The predicted octanol–water partition coefficient (Wildman–Crippen LogP) is 2.20. The van der Waals surface area contributed by atoms with E-state index in [1.165, 1.54) is 40.4 Å². The van der Waals surface area contributed by atoms with Gasteiger partial charge in [-0.2, -0.15) is 8.78 Å². The van der Waals surface area contributed by atoms with Gasteiger partial charge in [0.15, 0.2) is 5.78 Å². The second-order valence-electron chi connectivity index (χ2n) is 3.33. The lowest BCUT2D eigenvalue weighted by molar-refractivity contribution is -0.118. The molecule has 0 heterocycles. The van der Waals surface area contributed by atoms with Crippen LogP contribution in [0.15, 0.2) is 24.3 Å². The number of hydrogen-bond acceptors (Lipinski definition) is 2. The lowest BCUT2D eigenvalue weighted by Crippen LogP contribution is -2.18. The molecule has 1 aromatic rings. The summed E-state index contributed by atoms with van der Waals surface area (Å²) in [6, 6.07) is 4.69. The summed E-state index contributed by atoms with van der Waals surface area (Å²) >= 11 is 0. The minimum atomic E-state index is -2.95. The number of alkyl halides is 2. The summed E-state index contributed by atoms with van der Waals surface area (Å²) in [5.41, 5.74) is 3.03. The maximum absolute atomic E-state index is 12.8. The van der Waals surface area contributed by atoms with Crippen molar-refractivity contribution >= 4 is 15.0 Å². The van der Waals surface area contributed by atoms with Crippen LogP contribution < -0.4 is 5.73 Å². The van der Waals surface area contributed by atoms with E-state index in [4.69, 9.17) is 5.73 Å². The lowest BCUT2D eigenvalue weighted by atomic mass is 10.0. The van der Waals surface area contributed by atoms with Gasteiger partial charge in [-0.1, -0.05) is 33.5 Å². The van der Waals surface area contributed by atoms with Crippen LogP contribution in [-0.4, -0.2) is 5.78 Å². The fourth-order valence-corrected chi connectivity index (χ4v) is 1.34. The highest BCUT2D eigenvalue weighted by Gasteiger charge is 2.24. The Kier molecular flexibility index (Phi) is 3.53. The molecule has 0 aliphatic rings. The van der Waals surface area contributed by atoms with Crippen LogP contribution in [0.1, 0.15) is 24.1 Å². The van der Waals surface area contributed by atoms with Crippen LogP contribution in [0.4, 0.5) is 8.78 Å². The summed E-state index contributed by atoms with van der Waals surface area (Å²) < 4.78 is 25.6. The van der Waals surface area contributed by atoms with Gasteiger partial charge in [0.2, 0.25) is 0 Å². The molecule has 0 bridgehead atoms. The Balaban J connectivity index is 2.95. The first-order valence-electron chi connectivity index (χ1n) is 4.35. The summed E-state index contributed by atoms with van der Waals surface area (Å²) in [5.74, 6) is -0.194. The van der Waals surface area contributed by atoms with Crippen LogP contribution in [-0.2, 0) is 10.5 Å². The summed E-state index contributed by atoms with van der Waals surface area (Å²) in [7, 11) is 1.46. The average molecular weight is 231 g/mol. The van der Waals surface area contributed by atoms with E-state index in [0.717, 1.165) is 0 Å². The van der Waals surface area contributed by atoms with E-state index in [1.54, 1.807) is 0 Å². The summed E-state index contributed by atoms with van der Waals surface area (Å²) in [5, 5.41) is 0. The molecule has 2 nitrogen and oxygen atoms in total. The first-order valence-corrected chi connectivity index (χ1v) is 4.93. The molecule has 1 rings (SSSR count). The Labute approximate surface area is 89.1 Å². The molecule has 15 heavy (non-hydrogen) atoms. The van der Waals surface area contributed by atoms with Crippen LogP contribution in [0.3, 0.4) is 0 Å². The highest BCUT2D eigenvalue weighted by atomic mass is 31.0. The van der Waals surface area contributed by atoms with Crippen LogP contribution in [0.5, 0.6) is 0 Å². The second kappa shape index (κ2) is 4.33. The minimum absolute atomic E-state index is 0.119. The van der Waals surface area contributed by atoms with Gasteiger partial charge in [0.25, 0.3) is 5.66 Å². The number of ketones is 1. The molecule has 0 radical (unpaired) electrons. The molecule has 0 aliphatic carbocycles. The monoisotopic (exact) mass is 231 g/mol. The van der Waals surface area contributed by atoms with Gasteiger partial charge in [-0.15, -0.1) is 0 Å². The normalized spacial score (nSPS) is 13.7. The molecule has 0 aliphatic heterocycles. The molecule has 5 heteroatoms. The van der Waals surface area contributed by atoms with E-state index < -0.39 is 11.7 Å². The fraction of sp³-hybridized carbons (Fsp3) is 0.300. The first kappa shape index (κ1) is 12.2. The molecular weight excluding hydrogens is 219 g/mol. The van der Waals surface area contributed by atoms with Crippen LogP contribution in [0.2, 0.25) is 0 Å². The van der Waals surface area contributed by atoms with Gasteiger partial charge >= 0.3 is 0 Å². The molecular formula is C10H12F2NOP. The molecule has 82 valence electrons. The fourth-order valence-electron chi connectivity index (χ4n) is 1.15. The third-order valence-electron chi connectivity index (χ3n) is 2.09. The van der Waals surface area contributed by atoms with Crippen LogP contribution in [0, 0.1) is 0 Å². The summed E-state index contributed by atoms with van der Waals surface area (Å²) in [6.45, 7) is 1.36. The predicted molar refractivity (Wildman–Crippen MR) is 57.7 cm³/mol. The number of rotatable bonds is 3. The minimum Gasteiger partial charge on any atom is -0.318 e. The van der Waals surface area contributed by atoms with Crippen molar-refractivity contribution in [2.45, 2.75) is 18.6 Å². The number of hydrogen-bond donors (Lipinski definition) is 1. The molecule has 0 saturated carbocycles. The van der Waals surface area contributed by atoms with E-state index in [-0.39, 0.29) is 11.3 Å². The highest BCUT2D eigenvalue weighted by molar-refractivity contribution is 7.17. The molecule has 2 N–H and O–H groups in total. The summed E-state index contributed by atoms with van der Waals surface area (Å²) in [4.78, 5) is 10.9. The molecule has 2 atom stereocenters. The van der Waals surface area contributed by atoms with Crippen LogP contribution in [0.25, 0.3) is 0 Å². The van der Waals surface area contributed by atoms with Crippen LogP contribution >= 0.6 is 9.24 Å². The third kappa shape index (κ3) is 3.05. The highest BCUT2D eigenvalue weighted by Crippen LogP contribution is 2.34. The zero-order valence-corrected chi connectivity index (χ0v) is 9.36. The molecule has 0 aromatic heterocycles. The largest absolute Gasteiger partial charge is 0.318 e. The number of carbonyl (C=O) groups excluding carboxylic acids is 1. The molecule has 1 aromatic carbocycles. The molecule has 0 amide bonds. The van der Waals surface area contributed by atoms with Gasteiger partial charge in [-0.25, -0.2) is 0 Å².